The number of phenols is 2. The van der Waals surface area contributed by atoms with Crippen LogP contribution in [0.2, 0.25) is 0 Å². The number of ether oxygens (including phenoxy) is 2. The molecule has 148 valence electrons. The lowest BCUT2D eigenvalue weighted by atomic mass is 10.2. The summed E-state index contributed by atoms with van der Waals surface area (Å²) < 4.78 is 11.1. The van der Waals surface area contributed by atoms with Crippen LogP contribution >= 0.6 is 0 Å². The standard InChI is InChI=1S/C22H20N2O5/c25-18-7-6-17(21(26)12-18)13-23-24-22(27)15-29-20-10-8-19(9-11-20)28-14-16-4-2-1-3-5-16/h1-13,25-26H,14-15H2,(H,24,27)/b23-13+. The van der Waals surface area contributed by atoms with Gasteiger partial charge in [-0.1, -0.05) is 30.3 Å². The molecule has 0 radical (unpaired) electrons. The van der Waals surface area contributed by atoms with Gasteiger partial charge < -0.3 is 19.7 Å². The maximum atomic E-state index is 11.8. The van der Waals surface area contributed by atoms with Crippen LogP contribution in [0, 0.1) is 0 Å². The first-order chi connectivity index (χ1) is 14.1. The van der Waals surface area contributed by atoms with E-state index in [1.165, 1.54) is 24.4 Å². The molecule has 0 atom stereocenters. The molecule has 0 spiro atoms. The van der Waals surface area contributed by atoms with Gasteiger partial charge in [-0.25, -0.2) is 5.43 Å². The lowest BCUT2D eigenvalue weighted by Crippen LogP contribution is -2.24. The SMILES string of the molecule is O=C(COc1ccc(OCc2ccccc2)cc1)N/N=C/c1ccc(O)cc1O. The first-order valence-corrected chi connectivity index (χ1v) is 8.83. The predicted molar refractivity (Wildman–Crippen MR) is 108 cm³/mol. The Balaban J connectivity index is 1.42. The Morgan fingerprint density at radius 2 is 1.62 bits per heavy atom. The van der Waals surface area contributed by atoms with E-state index in [9.17, 15) is 15.0 Å². The van der Waals surface area contributed by atoms with Gasteiger partial charge in [-0.15, -0.1) is 0 Å². The minimum absolute atomic E-state index is 0.0615. The van der Waals surface area contributed by atoms with Crippen LogP contribution in [0.5, 0.6) is 23.0 Å². The third-order valence-corrected chi connectivity index (χ3v) is 3.85. The van der Waals surface area contributed by atoms with Gasteiger partial charge in [0.2, 0.25) is 0 Å². The van der Waals surface area contributed by atoms with Crippen molar-refractivity contribution in [2.24, 2.45) is 5.10 Å². The summed E-state index contributed by atoms with van der Waals surface area (Å²) in [6.07, 6.45) is 1.27. The minimum Gasteiger partial charge on any atom is -0.508 e. The second-order valence-electron chi connectivity index (χ2n) is 6.07. The van der Waals surface area contributed by atoms with Crippen LogP contribution in [0.15, 0.2) is 77.9 Å². The highest BCUT2D eigenvalue weighted by Crippen LogP contribution is 2.21. The summed E-state index contributed by atoms with van der Waals surface area (Å²) in [6.45, 7) is 0.251. The van der Waals surface area contributed by atoms with Crippen LogP contribution in [0.25, 0.3) is 0 Å². The maximum Gasteiger partial charge on any atom is 0.277 e. The first kappa shape index (κ1) is 19.8. The fourth-order valence-electron chi connectivity index (χ4n) is 2.37. The van der Waals surface area contributed by atoms with Crippen LogP contribution < -0.4 is 14.9 Å². The van der Waals surface area contributed by atoms with Crippen LogP contribution in [-0.4, -0.2) is 28.9 Å². The fraction of sp³-hybridized carbons (Fsp3) is 0.0909. The van der Waals surface area contributed by atoms with Gasteiger partial charge in [0.25, 0.3) is 5.91 Å². The van der Waals surface area contributed by atoms with Crippen molar-refractivity contribution < 1.29 is 24.5 Å². The molecule has 3 aromatic rings. The first-order valence-electron chi connectivity index (χ1n) is 8.83. The van der Waals surface area contributed by atoms with E-state index >= 15 is 0 Å². The van der Waals surface area contributed by atoms with E-state index in [2.05, 4.69) is 10.5 Å². The number of hydrogen-bond acceptors (Lipinski definition) is 6. The van der Waals surface area contributed by atoms with E-state index in [1.54, 1.807) is 24.3 Å². The highest BCUT2D eigenvalue weighted by molar-refractivity contribution is 5.85. The molecule has 3 rings (SSSR count). The average Bonchev–Trinajstić information content (AvgIpc) is 2.74. The maximum absolute atomic E-state index is 11.8. The molecule has 0 fully saturated rings. The number of carbonyl (C=O) groups excluding carboxylic acids is 1. The summed E-state index contributed by atoms with van der Waals surface area (Å²) in [7, 11) is 0. The molecule has 7 heteroatoms. The number of amides is 1. The summed E-state index contributed by atoms with van der Waals surface area (Å²) in [6, 6.07) is 20.9. The summed E-state index contributed by atoms with van der Waals surface area (Å²) >= 11 is 0. The number of carbonyl (C=O) groups is 1. The lowest BCUT2D eigenvalue weighted by Gasteiger charge is -2.08. The molecule has 0 unspecified atom stereocenters. The molecule has 7 nitrogen and oxygen atoms in total. The quantitative estimate of drug-likeness (QED) is 0.404. The van der Waals surface area contributed by atoms with Crippen molar-refractivity contribution in [3.63, 3.8) is 0 Å². The monoisotopic (exact) mass is 392 g/mol. The van der Waals surface area contributed by atoms with Gasteiger partial charge in [0.1, 0.15) is 29.6 Å². The van der Waals surface area contributed by atoms with Crippen molar-refractivity contribution in [3.8, 4) is 23.0 Å². The zero-order valence-corrected chi connectivity index (χ0v) is 15.5. The molecule has 0 aliphatic carbocycles. The summed E-state index contributed by atoms with van der Waals surface area (Å²) in [5, 5.41) is 22.6. The van der Waals surface area contributed by atoms with Crippen molar-refractivity contribution in [1.29, 1.82) is 0 Å². The Kier molecular flexibility index (Phi) is 6.67. The Morgan fingerprint density at radius 3 is 2.31 bits per heavy atom. The average molecular weight is 392 g/mol. The second-order valence-corrected chi connectivity index (χ2v) is 6.07. The number of nitrogens with one attached hydrogen (secondary N) is 1. The van der Waals surface area contributed by atoms with E-state index in [0.717, 1.165) is 5.56 Å². The molecule has 0 aromatic heterocycles. The number of hydrazone groups is 1. The Morgan fingerprint density at radius 1 is 0.931 bits per heavy atom. The van der Waals surface area contributed by atoms with Crippen LogP contribution in [-0.2, 0) is 11.4 Å². The Labute approximate surface area is 167 Å². The smallest absolute Gasteiger partial charge is 0.277 e. The van der Waals surface area contributed by atoms with Crippen molar-refractivity contribution in [2.75, 3.05) is 6.61 Å². The number of aromatic hydroxyl groups is 2. The molecule has 1 amide bonds. The zero-order chi connectivity index (χ0) is 20.5. The van der Waals surface area contributed by atoms with Crippen LogP contribution in [0.1, 0.15) is 11.1 Å². The third-order valence-electron chi connectivity index (χ3n) is 3.85. The number of nitrogens with zero attached hydrogens (tertiary/aromatic N) is 1. The molecule has 0 heterocycles. The third kappa shape index (κ3) is 6.28. The largest absolute Gasteiger partial charge is 0.508 e. The Hall–Kier alpha value is -4.00. The van der Waals surface area contributed by atoms with Gasteiger partial charge in [-0.3, -0.25) is 4.79 Å². The Bertz CT molecular complexity index is 972. The van der Waals surface area contributed by atoms with E-state index in [-0.39, 0.29) is 18.1 Å². The highest BCUT2D eigenvalue weighted by Gasteiger charge is 2.03. The molecule has 0 saturated carbocycles. The van der Waals surface area contributed by atoms with E-state index in [1.807, 2.05) is 30.3 Å². The van der Waals surface area contributed by atoms with E-state index in [0.29, 0.717) is 23.7 Å². The molecule has 3 aromatic carbocycles. The molecular weight excluding hydrogens is 372 g/mol. The summed E-state index contributed by atoms with van der Waals surface area (Å²) in [4.78, 5) is 11.8. The molecule has 0 aliphatic heterocycles. The van der Waals surface area contributed by atoms with Crippen molar-refractivity contribution in [3.05, 3.63) is 83.9 Å². The summed E-state index contributed by atoms with van der Waals surface area (Å²) in [5.41, 5.74) is 3.73. The van der Waals surface area contributed by atoms with Crippen molar-refractivity contribution in [2.45, 2.75) is 6.61 Å². The topological polar surface area (TPSA) is 100 Å². The van der Waals surface area contributed by atoms with Gasteiger partial charge in [0.05, 0.1) is 6.21 Å². The molecule has 29 heavy (non-hydrogen) atoms. The highest BCUT2D eigenvalue weighted by atomic mass is 16.5. The molecular formula is C22H20N2O5. The minimum atomic E-state index is -0.455. The van der Waals surface area contributed by atoms with Crippen molar-refractivity contribution in [1.82, 2.24) is 5.43 Å². The van der Waals surface area contributed by atoms with Crippen LogP contribution in [0.4, 0.5) is 0 Å². The predicted octanol–water partition coefficient (Wildman–Crippen LogP) is 3.21. The second kappa shape index (κ2) is 9.80. The van der Waals surface area contributed by atoms with Gasteiger partial charge in [0.15, 0.2) is 6.61 Å². The zero-order valence-electron chi connectivity index (χ0n) is 15.5. The van der Waals surface area contributed by atoms with E-state index in [4.69, 9.17) is 9.47 Å². The van der Waals surface area contributed by atoms with E-state index < -0.39 is 5.91 Å². The van der Waals surface area contributed by atoms with Gasteiger partial charge in [-0.2, -0.15) is 5.10 Å². The van der Waals surface area contributed by atoms with Crippen molar-refractivity contribution >= 4 is 12.1 Å². The van der Waals surface area contributed by atoms with Gasteiger partial charge in [0, 0.05) is 11.6 Å². The molecule has 0 bridgehead atoms. The number of benzene rings is 3. The fourth-order valence-corrected chi connectivity index (χ4v) is 2.37. The summed E-state index contributed by atoms with van der Waals surface area (Å²) in [5.74, 6) is 0.558. The molecule has 3 N–H and O–H groups in total. The number of rotatable bonds is 8. The van der Waals surface area contributed by atoms with Gasteiger partial charge >= 0.3 is 0 Å². The van der Waals surface area contributed by atoms with Crippen LogP contribution in [0.3, 0.4) is 0 Å². The lowest BCUT2D eigenvalue weighted by molar-refractivity contribution is -0.123. The number of hydrogen-bond donors (Lipinski definition) is 3. The molecule has 0 aliphatic rings. The normalized spacial score (nSPS) is 10.6. The molecule has 0 saturated heterocycles. The van der Waals surface area contributed by atoms with Gasteiger partial charge in [-0.05, 0) is 42.0 Å². The number of phenolic OH excluding ortho intramolecular Hbond substituents is 2.